The molecule has 0 aliphatic carbocycles. The Morgan fingerprint density at radius 2 is 1.74 bits per heavy atom. The number of carbonyl (C=O) groups excluding carboxylic acids is 2. The van der Waals surface area contributed by atoms with Crippen LogP contribution in [0.15, 0.2) is 48.5 Å². The van der Waals surface area contributed by atoms with E-state index in [2.05, 4.69) is 20.7 Å². The van der Waals surface area contributed by atoms with E-state index in [1.807, 2.05) is 0 Å². The van der Waals surface area contributed by atoms with Crippen molar-refractivity contribution in [1.29, 1.82) is 0 Å². The predicted octanol–water partition coefficient (Wildman–Crippen LogP) is 1.82. The summed E-state index contributed by atoms with van der Waals surface area (Å²) in [5.41, 5.74) is 1.68. The van der Waals surface area contributed by atoms with Gasteiger partial charge >= 0.3 is 0 Å². The number of halogens is 1. The Morgan fingerprint density at radius 3 is 2.37 bits per heavy atom. The number of benzene rings is 2. The third kappa shape index (κ3) is 4.51. The number of hydrogen-bond acceptors (Lipinski definition) is 5. The number of rotatable bonds is 5. The third-order valence-corrected chi connectivity index (χ3v) is 3.66. The highest BCUT2D eigenvalue weighted by Crippen LogP contribution is 2.14. The van der Waals surface area contributed by atoms with Crippen LogP contribution in [0.4, 0.5) is 10.1 Å². The lowest BCUT2D eigenvalue weighted by Crippen LogP contribution is -2.22. The van der Waals surface area contributed by atoms with Crippen LogP contribution in [0, 0.1) is 5.82 Å². The molecule has 138 valence electrons. The summed E-state index contributed by atoms with van der Waals surface area (Å²) in [5.74, 6) is -0.518. The number of carbonyl (C=O) groups is 2. The lowest BCUT2D eigenvalue weighted by molar-refractivity contribution is -0.117. The molecule has 0 aliphatic heterocycles. The van der Waals surface area contributed by atoms with Crippen molar-refractivity contribution in [2.45, 2.75) is 6.54 Å². The number of nitrogens with zero attached hydrogens (tertiary/aromatic N) is 5. The minimum Gasteiger partial charge on any atom is -0.345 e. The maximum Gasteiger partial charge on any atom is 0.253 e. The van der Waals surface area contributed by atoms with Gasteiger partial charge in [-0.05, 0) is 53.7 Å². The molecule has 0 unspecified atom stereocenters. The smallest absolute Gasteiger partial charge is 0.253 e. The monoisotopic (exact) mass is 368 g/mol. The number of aromatic nitrogens is 4. The molecule has 8 nitrogen and oxygen atoms in total. The van der Waals surface area contributed by atoms with Crippen LogP contribution in [0.3, 0.4) is 0 Å². The van der Waals surface area contributed by atoms with E-state index in [1.165, 1.54) is 29.2 Å². The van der Waals surface area contributed by atoms with Crippen molar-refractivity contribution < 1.29 is 14.0 Å². The predicted molar refractivity (Wildman–Crippen MR) is 96.3 cm³/mol. The summed E-state index contributed by atoms with van der Waals surface area (Å²) < 4.78 is 13.0. The van der Waals surface area contributed by atoms with Gasteiger partial charge in [0.1, 0.15) is 12.4 Å². The highest BCUT2D eigenvalue weighted by molar-refractivity contribution is 5.95. The van der Waals surface area contributed by atoms with Gasteiger partial charge in [-0.15, -0.1) is 10.2 Å². The van der Waals surface area contributed by atoms with Crippen molar-refractivity contribution in [2.24, 2.45) is 0 Å². The van der Waals surface area contributed by atoms with E-state index in [1.54, 1.807) is 38.4 Å². The van der Waals surface area contributed by atoms with Crippen molar-refractivity contribution in [3.8, 4) is 11.4 Å². The Balaban J connectivity index is 1.61. The first-order chi connectivity index (χ1) is 12.9. The molecule has 2 amide bonds. The van der Waals surface area contributed by atoms with Crippen molar-refractivity contribution in [3.05, 3.63) is 59.9 Å². The summed E-state index contributed by atoms with van der Waals surface area (Å²) in [7, 11) is 3.34. The van der Waals surface area contributed by atoms with E-state index >= 15 is 0 Å². The molecule has 9 heteroatoms. The summed E-state index contributed by atoms with van der Waals surface area (Å²) >= 11 is 0. The summed E-state index contributed by atoms with van der Waals surface area (Å²) in [5, 5.41) is 14.5. The molecule has 3 aromatic rings. The van der Waals surface area contributed by atoms with E-state index in [9.17, 15) is 14.0 Å². The molecule has 0 bridgehead atoms. The molecule has 27 heavy (non-hydrogen) atoms. The first kappa shape index (κ1) is 18.2. The van der Waals surface area contributed by atoms with Gasteiger partial charge in [0.05, 0.1) is 0 Å². The van der Waals surface area contributed by atoms with Crippen molar-refractivity contribution in [2.75, 3.05) is 19.4 Å². The second-order valence-corrected chi connectivity index (χ2v) is 5.98. The fourth-order valence-corrected chi connectivity index (χ4v) is 2.31. The molecule has 3 rings (SSSR count). The second kappa shape index (κ2) is 7.73. The fourth-order valence-electron chi connectivity index (χ4n) is 2.31. The average molecular weight is 368 g/mol. The van der Waals surface area contributed by atoms with Crippen LogP contribution >= 0.6 is 0 Å². The Kier molecular flexibility index (Phi) is 5.20. The first-order valence-corrected chi connectivity index (χ1v) is 8.07. The van der Waals surface area contributed by atoms with Gasteiger partial charge in [-0.25, -0.2) is 4.39 Å². The molecular formula is C18H17FN6O2. The molecule has 0 spiro atoms. The van der Waals surface area contributed by atoms with Gasteiger partial charge in [0.15, 0.2) is 0 Å². The minimum atomic E-state index is -0.358. The number of nitrogens with one attached hydrogen (secondary N) is 1. The minimum absolute atomic E-state index is 0.118. The Labute approximate surface area is 154 Å². The number of amides is 2. The van der Waals surface area contributed by atoms with Crippen molar-refractivity contribution >= 4 is 17.5 Å². The molecule has 0 saturated heterocycles. The zero-order valence-electron chi connectivity index (χ0n) is 14.8. The van der Waals surface area contributed by atoms with Gasteiger partial charge in [0, 0.05) is 30.9 Å². The number of hydrogen-bond donors (Lipinski definition) is 1. The maximum atomic E-state index is 13.0. The molecule has 2 aromatic carbocycles. The number of anilines is 1. The summed E-state index contributed by atoms with van der Waals surface area (Å²) in [6, 6.07) is 12.2. The summed E-state index contributed by atoms with van der Waals surface area (Å²) in [6.45, 7) is -0.132. The van der Waals surface area contributed by atoms with Crippen LogP contribution in [-0.2, 0) is 11.3 Å². The van der Waals surface area contributed by atoms with Crippen LogP contribution in [0.1, 0.15) is 10.4 Å². The Bertz CT molecular complexity index is 951. The van der Waals surface area contributed by atoms with E-state index in [4.69, 9.17) is 0 Å². The topological polar surface area (TPSA) is 93.0 Å². The molecule has 1 heterocycles. The lowest BCUT2D eigenvalue weighted by Gasteiger charge is -2.10. The normalized spacial score (nSPS) is 10.5. The van der Waals surface area contributed by atoms with Gasteiger partial charge in [-0.3, -0.25) is 9.59 Å². The van der Waals surface area contributed by atoms with Crippen LogP contribution < -0.4 is 5.32 Å². The highest BCUT2D eigenvalue weighted by Gasteiger charge is 2.11. The van der Waals surface area contributed by atoms with Gasteiger partial charge in [-0.2, -0.15) is 4.80 Å². The standard InChI is InChI=1S/C18H17FN6O2/c1-24(2)18(27)13-5-9-15(10-6-13)20-16(26)11-25-22-17(21-23-25)12-3-7-14(19)8-4-12/h3-10H,11H2,1-2H3,(H,20,26). The second-order valence-electron chi connectivity index (χ2n) is 5.98. The van der Waals surface area contributed by atoms with Crippen LogP contribution in [-0.4, -0.2) is 51.0 Å². The average Bonchev–Trinajstić information content (AvgIpc) is 3.10. The van der Waals surface area contributed by atoms with Gasteiger partial charge in [-0.1, -0.05) is 0 Å². The van der Waals surface area contributed by atoms with E-state index in [0.717, 1.165) is 4.80 Å². The molecule has 0 saturated carbocycles. The molecule has 0 atom stereocenters. The lowest BCUT2D eigenvalue weighted by atomic mass is 10.2. The van der Waals surface area contributed by atoms with Gasteiger partial charge in [0.25, 0.3) is 5.91 Å². The maximum absolute atomic E-state index is 13.0. The van der Waals surface area contributed by atoms with Gasteiger partial charge < -0.3 is 10.2 Å². The van der Waals surface area contributed by atoms with Crippen molar-refractivity contribution in [1.82, 2.24) is 25.1 Å². The van der Waals surface area contributed by atoms with Gasteiger partial charge in [0.2, 0.25) is 11.7 Å². The van der Waals surface area contributed by atoms with E-state index in [-0.39, 0.29) is 24.2 Å². The Morgan fingerprint density at radius 1 is 1.07 bits per heavy atom. The number of tetrazole rings is 1. The molecule has 0 fully saturated rings. The van der Waals surface area contributed by atoms with E-state index in [0.29, 0.717) is 22.6 Å². The molecular weight excluding hydrogens is 351 g/mol. The van der Waals surface area contributed by atoms with Crippen molar-refractivity contribution in [3.63, 3.8) is 0 Å². The Hall–Kier alpha value is -3.62. The summed E-state index contributed by atoms with van der Waals surface area (Å²) in [4.78, 5) is 26.6. The van der Waals surface area contributed by atoms with E-state index < -0.39 is 0 Å². The molecule has 1 N–H and O–H groups in total. The highest BCUT2D eigenvalue weighted by atomic mass is 19.1. The van der Waals surface area contributed by atoms with Crippen LogP contribution in [0.25, 0.3) is 11.4 Å². The summed E-state index contributed by atoms with van der Waals surface area (Å²) in [6.07, 6.45) is 0. The molecule has 0 aliphatic rings. The molecule has 0 radical (unpaired) electrons. The van der Waals surface area contributed by atoms with Crippen LogP contribution in [0.5, 0.6) is 0 Å². The fraction of sp³-hybridized carbons (Fsp3) is 0.167. The molecule has 1 aromatic heterocycles. The zero-order valence-corrected chi connectivity index (χ0v) is 14.8. The third-order valence-electron chi connectivity index (χ3n) is 3.66. The largest absolute Gasteiger partial charge is 0.345 e. The zero-order chi connectivity index (χ0) is 19.4. The quantitative estimate of drug-likeness (QED) is 0.741. The SMILES string of the molecule is CN(C)C(=O)c1ccc(NC(=O)Cn2nnc(-c3ccc(F)cc3)n2)cc1. The first-order valence-electron chi connectivity index (χ1n) is 8.07. The van der Waals surface area contributed by atoms with Crippen LogP contribution in [0.2, 0.25) is 0 Å².